The molecule has 166 valence electrons. The molecule has 1 N–H and O–H groups in total. The van der Waals surface area contributed by atoms with E-state index in [0.717, 1.165) is 17.5 Å². The quantitative estimate of drug-likeness (QED) is 0.324. The van der Waals surface area contributed by atoms with Gasteiger partial charge in [-0.3, -0.25) is 4.79 Å². The minimum Gasteiger partial charge on any atom is -0.345 e. The number of para-hydroxylation sites is 1. The molecular weight excluding hydrogens is 410 g/mol. The predicted octanol–water partition coefficient (Wildman–Crippen LogP) is 6.78. The van der Waals surface area contributed by atoms with Crippen LogP contribution in [0.1, 0.15) is 54.7 Å². The van der Waals surface area contributed by atoms with Crippen molar-refractivity contribution in [3.05, 3.63) is 107 Å². The van der Waals surface area contributed by atoms with Gasteiger partial charge >= 0.3 is 0 Å². The highest BCUT2D eigenvalue weighted by atomic mass is 16.3. The predicted molar refractivity (Wildman–Crippen MR) is 133 cm³/mol. The third-order valence-electron chi connectivity index (χ3n) is 5.92. The lowest BCUT2D eigenvalue weighted by Gasteiger charge is -2.26. The number of carbonyl (C=O) groups is 1. The van der Waals surface area contributed by atoms with E-state index >= 15 is 0 Å². The van der Waals surface area contributed by atoms with E-state index in [1.54, 1.807) is 13.8 Å². The van der Waals surface area contributed by atoms with Gasteiger partial charge < -0.3 is 5.32 Å². The topological polar surface area (TPSA) is 71.4 Å². The molecule has 0 saturated carbocycles. The number of pyridine rings is 1. The van der Waals surface area contributed by atoms with Gasteiger partial charge in [0.1, 0.15) is 5.54 Å². The van der Waals surface area contributed by atoms with Gasteiger partial charge in [-0.1, -0.05) is 91.0 Å². The minimum atomic E-state index is -1.16. The number of carbonyl (C=O) groups excluding carboxylic acids is 1. The Labute approximate surface area is 193 Å². The lowest BCUT2D eigenvalue weighted by atomic mass is 9.84. The number of aromatic nitrogens is 1. The third-order valence-corrected chi connectivity index (χ3v) is 5.92. The van der Waals surface area contributed by atoms with Gasteiger partial charge in [0.25, 0.3) is 5.91 Å². The van der Waals surface area contributed by atoms with Gasteiger partial charge in [0, 0.05) is 16.5 Å². The van der Waals surface area contributed by atoms with E-state index in [0.29, 0.717) is 27.7 Å². The molecule has 1 unspecified atom stereocenters. The summed E-state index contributed by atoms with van der Waals surface area (Å²) in [5.41, 5.74) is 2.96. The Balaban J connectivity index is 1.97. The molecule has 0 fully saturated rings. The normalized spacial score (nSPS) is 12.3. The number of amides is 1. The van der Waals surface area contributed by atoms with Gasteiger partial charge in [-0.05, 0) is 31.9 Å². The van der Waals surface area contributed by atoms with Crippen molar-refractivity contribution in [3.63, 3.8) is 0 Å². The number of nitrogens with zero attached hydrogens (tertiary/aromatic N) is 2. The van der Waals surface area contributed by atoms with E-state index in [1.165, 1.54) is 0 Å². The van der Waals surface area contributed by atoms with Crippen LogP contribution in [0.5, 0.6) is 0 Å². The Morgan fingerprint density at radius 1 is 0.939 bits per heavy atom. The monoisotopic (exact) mass is 437 g/mol. The van der Waals surface area contributed by atoms with Crippen LogP contribution < -0.4 is 5.32 Å². The summed E-state index contributed by atoms with van der Waals surface area (Å²) in [5.74, 6) is -0.242. The summed E-state index contributed by atoms with van der Waals surface area (Å²) in [4.78, 5) is 30.8. The van der Waals surface area contributed by atoms with E-state index in [2.05, 4.69) is 10.5 Å². The van der Waals surface area contributed by atoms with Gasteiger partial charge in [0.2, 0.25) is 0 Å². The number of hydrogen-bond donors (Lipinski definition) is 1. The minimum absolute atomic E-state index is 0.161. The van der Waals surface area contributed by atoms with Crippen molar-refractivity contribution >= 4 is 16.8 Å². The van der Waals surface area contributed by atoms with E-state index in [4.69, 9.17) is 4.98 Å². The Morgan fingerprint density at radius 3 is 2.18 bits per heavy atom. The van der Waals surface area contributed by atoms with Crippen LogP contribution in [0.2, 0.25) is 0 Å². The van der Waals surface area contributed by atoms with Crippen LogP contribution in [0.3, 0.4) is 0 Å². The molecule has 0 radical (unpaired) electrons. The van der Waals surface area contributed by atoms with Crippen molar-refractivity contribution in [1.29, 1.82) is 0 Å². The summed E-state index contributed by atoms with van der Waals surface area (Å²) in [6.45, 7) is 5.49. The number of nitroso groups, excluding NO2 is 1. The Hall–Kier alpha value is -3.86. The number of rotatable bonds is 7. The van der Waals surface area contributed by atoms with Crippen LogP contribution in [0.4, 0.5) is 0 Å². The summed E-state index contributed by atoms with van der Waals surface area (Å²) >= 11 is 0. The molecule has 0 saturated heterocycles. The molecule has 3 aromatic carbocycles. The maximum absolute atomic E-state index is 13.9. The smallest absolute Gasteiger partial charge is 0.252 e. The van der Waals surface area contributed by atoms with Gasteiger partial charge in [0.15, 0.2) is 0 Å². The van der Waals surface area contributed by atoms with Crippen LogP contribution in [0.25, 0.3) is 22.2 Å². The number of fused-ring (bicyclic) bond motifs is 1. The van der Waals surface area contributed by atoms with Crippen molar-refractivity contribution in [3.8, 4) is 11.3 Å². The Kier molecular flexibility index (Phi) is 6.31. The van der Waals surface area contributed by atoms with Crippen molar-refractivity contribution in [2.45, 2.75) is 38.8 Å². The lowest BCUT2D eigenvalue weighted by molar-refractivity contribution is 0.0935. The Morgan fingerprint density at radius 2 is 1.55 bits per heavy atom. The van der Waals surface area contributed by atoms with Crippen molar-refractivity contribution in [2.75, 3.05) is 0 Å². The molecular formula is C28H27N3O2. The highest BCUT2D eigenvalue weighted by Gasteiger charge is 2.34. The summed E-state index contributed by atoms with van der Waals surface area (Å²) < 4.78 is 0. The zero-order valence-electron chi connectivity index (χ0n) is 19.1. The molecule has 0 bridgehead atoms. The summed E-state index contributed by atoms with van der Waals surface area (Å²) in [6, 6.07) is 26.9. The van der Waals surface area contributed by atoms with E-state index < -0.39 is 5.54 Å². The first-order valence-corrected chi connectivity index (χ1v) is 11.1. The molecule has 0 aliphatic carbocycles. The molecule has 1 atom stereocenters. The van der Waals surface area contributed by atoms with E-state index in [9.17, 15) is 9.70 Å². The molecule has 0 aliphatic heterocycles. The second kappa shape index (κ2) is 9.33. The van der Waals surface area contributed by atoms with Crippen molar-refractivity contribution in [2.24, 2.45) is 5.18 Å². The molecule has 1 heterocycles. The fourth-order valence-corrected chi connectivity index (χ4v) is 4.23. The molecule has 1 amide bonds. The lowest BCUT2D eigenvalue weighted by Crippen LogP contribution is -2.31. The molecule has 4 aromatic rings. The number of hydrogen-bond acceptors (Lipinski definition) is 4. The maximum Gasteiger partial charge on any atom is 0.252 e. The average molecular weight is 438 g/mol. The highest BCUT2D eigenvalue weighted by molar-refractivity contribution is 6.09. The summed E-state index contributed by atoms with van der Waals surface area (Å²) in [7, 11) is 0. The van der Waals surface area contributed by atoms with Crippen molar-refractivity contribution in [1.82, 2.24) is 10.3 Å². The fraction of sp³-hybridized carbons (Fsp3) is 0.214. The first-order valence-electron chi connectivity index (χ1n) is 11.1. The van der Waals surface area contributed by atoms with Crippen LogP contribution in [-0.4, -0.2) is 10.9 Å². The molecule has 5 nitrogen and oxygen atoms in total. The largest absolute Gasteiger partial charge is 0.345 e. The Bertz CT molecular complexity index is 1280. The van der Waals surface area contributed by atoms with E-state index in [1.807, 2.05) is 91.9 Å². The summed E-state index contributed by atoms with van der Waals surface area (Å²) in [6.07, 6.45) is 0.731. The van der Waals surface area contributed by atoms with Gasteiger partial charge in [-0.2, -0.15) is 0 Å². The van der Waals surface area contributed by atoms with Crippen molar-refractivity contribution < 1.29 is 4.79 Å². The fourth-order valence-electron chi connectivity index (χ4n) is 4.23. The highest BCUT2D eigenvalue weighted by Crippen LogP contribution is 2.39. The molecule has 5 heteroatoms. The van der Waals surface area contributed by atoms with Gasteiger partial charge in [-0.25, -0.2) is 4.98 Å². The second-order valence-corrected chi connectivity index (χ2v) is 8.59. The van der Waals surface area contributed by atoms with Gasteiger partial charge in [-0.15, -0.1) is 4.91 Å². The molecule has 33 heavy (non-hydrogen) atoms. The summed E-state index contributed by atoms with van der Waals surface area (Å²) in [5, 5.41) is 7.31. The van der Waals surface area contributed by atoms with Crippen LogP contribution in [0, 0.1) is 4.91 Å². The first-order chi connectivity index (χ1) is 16.0. The molecule has 0 aliphatic rings. The van der Waals surface area contributed by atoms with E-state index in [-0.39, 0.29) is 11.9 Å². The third kappa shape index (κ3) is 4.40. The van der Waals surface area contributed by atoms with Crippen LogP contribution >= 0.6 is 0 Å². The molecule has 4 rings (SSSR count). The first kappa shape index (κ1) is 22.3. The number of benzene rings is 3. The van der Waals surface area contributed by atoms with Crippen LogP contribution in [0.15, 0.2) is 90.1 Å². The molecule has 0 spiro atoms. The van der Waals surface area contributed by atoms with Gasteiger partial charge in [0.05, 0.1) is 22.8 Å². The van der Waals surface area contributed by atoms with Crippen LogP contribution in [-0.2, 0) is 5.54 Å². The zero-order valence-corrected chi connectivity index (χ0v) is 19.1. The maximum atomic E-state index is 13.9. The standard InChI is InChI=1S/C28H27N3O2/c1-4-22(19-13-7-5-8-14-19)30-27(32)24-21-17-11-12-18-23(21)29-26(20-15-9-6-10-16-20)25(24)28(2,3)31-33/h5-18,22H,4H2,1-3H3,(H,30,32). The SMILES string of the molecule is CCC(NC(=O)c1c(C(C)(C)N=O)c(-c2ccccc2)nc2ccccc12)c1ccccc1. The number of nitrogens with one attached hydrogen (secondary N) is 1. The average Bonchev–Trinajstić information content (AvgIpc) is 2.87. The molecule has 1 aromatic heterocycles. The second-order valence-electron chi connectivity index (χ2n) is 8.59. The zero-order chi connectivity index (χ0) is 23.4.